The summed E-state index contributed by atoms with van der Waals surface area (Å²) in [6.07, 6.45) is 7.83. The molecule has 0 spiro atoms. The predicted molar refractivity (Wildman–Crippen MR) is 199 cm³/mol. The Morgan fingerprint density at radius 2 is 0.720 bits per heavy atom. The summed E-state index contributed by atoms with van der Waals surface area (Å²) in [5.74, 6) is 0. The van der Waals surface area contributed by atoms with E-state index in [1.807, 2.05) is 0 Å². The summed E-state index contributed by atoms with van der Waals surface area (Å²) in [6, 6.07) is 0. The Morgan fingerprint density at radius 1 is 0.440 bits per heavy atom. The van der Waals surface area contributed by atoms with E-state index in [1.54, 1.807) is 0 Å². The lowest BCUT2D eigenvalue weighted by Crippen LogP contribution is -2.40. The second kappa shape index (κ2) is 17.9. The van der Waals surface area contributed by atoms with E-state index < -0.39 is 0 Å². The summed E-state index contributed by atoms with van der Waals surface area (Å²) < 4.78 is 55.7. The van der Waals surface area contributed by atoms with Crippen LogP contribution in [0.15, 0.2) is 0 Å². The second-order valence-corrected chi connectivity index (χ2v) is 19.4. The molecule has 296 valence electrons. The van der Waals surface area contributed by atoms with E-state index in [9.17, 15) is 0 Å². The van der Waals surface area contributed by atoms with Gasteiger partial charge < -0.3 is 42.6 Å². The van der Waals surface area contributed by atoms with Gasteiger partial charge in [-0.15, -0.1) is 0 Å². The Bertz CT molecular complexity index is 940. The van der Waals surface area contributed by atoms with Gasteiger partial charge in [-0.2, -0.15) is 0 Å². The molecule has 3 rings (SSSR count). The summed E-state index contributed by atoms with van der Waals surface area (Å²) in [5, 5.41) is 0. The van der Waals surface area contributed by atoms with Crippen molar-refractivity contribution in [1.82, 2.24) is 0 Å². The Hall–Kier alpha value is -0.360. The third-order valence-corrected chi connectivity index (χ3v) is 9.61. The highest BCUT2D eigenvalue weighted by Gasteiger charge is 2.37. The van der Waals surface area contributed by atoms with Gasteiger partial charge in [0.15, 0.2) is 0 Å². The van der Waals surface area contributed by atoms with E-state index in [1.165, 1.54) is 0 Å². The standard InChI is InChI=1S/C41H78O9/c1-29(47-39(10,11)23-33-26-42-33)20-36(4,5)45-18-16-32(50-38(8,9)22-31(3)49-41(14,15)25-35-28-44-35)17-19-46-37(6,7)21-30(2)48-40(12,13)24-34-27-43-34/h29-35H,16-28H2,1-15H3. The monoisotopic (exact) mass is 715 g/mol. The Labute approximate surface area is 306 Å². The zero-order valence-electron chi connectivity index (χ0n) is 34.9. The first-order chi connectivity index (χ1) is 22.8. The number of ether oxygens (including phenoxy) is 9. The molecule has 0 aromatic heterocycles. The first-order valence-corrected chi connectivity index (χ1v) is 19.7. The molecule has 0 aliphatic carbocycles. The predicted octanol–water partition coefficient (Wildman–Crippen LogP) is 8.61. The minimum Gasteiger partial charge on any atom is -0.375 e. The molecule has 0 aromatic rings. The number of rotatable bonds is 28. The summed E-state index contributed by atoms with van der Waals surface area (Å²) in [6.45, 7) is 36.1. The molecule has 0 saturated carbocycles. The smallest absolute Gasteiger partial charge is 0.0837 e. The van der Waals surface area contributed by atoms with Crippen LogP contribution in [0.4, 0.5) is 0 Å². The van der Waals surface area contributed by atoms with Crippen LogP contribution in [0.3, 0.4) is 0 Å². The van der Waals surface area contributed by atoms with Crippen molar-refractivity contribution in [2.24, 2.45) is 0 Å². The SMILES string of the molecule is CC(CC(C)(C)OCCC(CCOC(C)(C)CC(C)OC(C)(C)CC1CO1)OC(C)(C)CC(C)OC(C)(C)CC1CO1)OC(C)(C)CC1CO1. The molecule has 3 heterocycles. The molecule has 0 aromatic carbocycles. The number of hydrogen-bond donors (Lipinski definition) is 0. The average Bonchev–Trinajstić information content (AvgIpc) is 3.71. The van der Waals surface area contributed by atoms with E-state index in [2.05, 4.69) is 104 Å². The van der Waals surface area contributed by atoms with E-state index in [-0.39, 0.29) is 58.0 Å². The molecular formula is C41H78O9. The van der Waals surface area contributed by atoms with E-state index in [0.29, 0.717) is 31.5 Å². The van der Waals surface area contributed by atoms with Crippen molar-refractivity contribution in [1.29, 1.82) is 0 Å². The van der Waals surface area contributed by atoms with Crippen LogP contribution >= 0.6 is 0 Å². The van der Waals surface area contributed by atoms with Gasteiger partial charge in [0.2, 0.25) is 0 Å². The number of hydrogen-bond acceptors (Lipinski definition) is 9. The maximum Gasteiger partial charge on any atom is 0.0837 e. The van der Waals surface area contributed by atoms with Gasteiger partial charge in [0, 0.05) is 51.7 Å². The largest absolute Gasteiger partial charge is 0.375 e. The maximum atomic E-state index is 6.89. The fourth-order valence-corrected chi connectivity index (χ4v) is 8.00. The Balaban J connectivity index is 1.53. The molecule has 0 amide bonds. The summed E-state index contributed by atoms with van der Waals surface area (Å²) >= 11 is 0. The van der Waals surface area contributed by atoms with Crippen molar-refractivity contribution in [2.75, 3.05) is 33.0 Å². The minimum atomic E-state index is -0.389. The van der Waals surface area contributed by atoms with Crippen LogP contribution in [0.2, 0.25) is 0 Å². The molecule has 50 heavy (non-hydrogen) atoms. The van der Waals surface area contributed by atoms with Gasteiger partial charge in [-0.05, 0) is 117 Å². The first-order valence-electron chi connectivity index (χ1n) is 19.7. The van der Waals surface area contributed by atoms with Crippen molar-refractivity contribution in [3.63, 3.8) is 0 Å². The highest BCUT2D eigenvalue weighted by atomic mass is 16.6. The summed E-state index contributed by atoms with van der Waals surface area (Å²) in [4.78, 5) is 0. The highest BCUT2D eigenvalue weighted by molar-refractivity contribution is 4.86. The van der Waals surface area contributed by atoms with Gasteiger partial charge in [-0.25, -0.2) is 0 Å². The topological polar surface area (TPSA) is 93.0 Å². The van der Waals surface area contributed by atoms with Crippen molar-refractivity contribution in [3.8, 4) is 0 Å². The third-order valence-electron chi connectivity index (χ3n) is 9.61. The van der Waals surface area contributed by atoms with E-state index >= 15 is 0 Å². The molecule has 9 heteroatoms. The molecule has 3 saturated heterocycles. The van der Waals surface area contributed by atoms with Gasteiger partial charge in [0.05, 0.1) is 96.2 Å². The molecule has 3 aliphatic heterocycles. The highest BCUT2D eigenvalue weighted by Crippen LogP contribution is 2.33. The Kier molecular flexibility index (Phi) is 15.7. The molecule has 3 aliphatic rings. The van der Waals surface area contributed by atoms with E-state index in [0.717, 1.165) is 71.2 Å². The lowest BCUT2D eigenvalue weighted by molar-refractivity contribution is -0.148. The van der Waals surface area contributed by atoms with Gasteiger partial charge in [0.1, 0.15) is 0 Å². The maximum absolute atomic E-state index is 6.89. The molecule has 9 nitrogen and oxygen atoms in total. The first kappa shape index (κ1) is 44.0. The van der Waals surface area contributed by atoms with Gasteiger partial charge >= 0.3 is 0 Å². The minimum absolute atomic E-state index is 0.0334. The second-order valence-electron chi connectivity index (χ2n) is 19.4. The summed E-state index contributed by atoms with van der Waals surface area (Å²) in [7, 11) is 0. The zero-order chi connectivity index (χ0) is 37.6. The fraction of sp³-hybridized carbons (Fsp3) is 1.00. The van der Waals surface area contributed by atoms with Gasteiger partial charge in [-0.1, -0.05) is 0 Å². The van der Waals surface area contributed by atoms with Crippen LogP contribution in [-0.2, 0) is 42.6 Å². The van der Waals surface area contributed by atoms with Crippen molar-refractivity contribution in [2.45, 2.75) is 232 Å². The van der Waals surface area contributed by atoms with Gasteiger partial charge in [0.25, 0.3) is 0 Å². The van der Waals surface area contributed by atoms with Crippen molar-refractivity contribution >= 4 is 0 Å². The zero-order valence-corrected chi connectivity index (χ0v) is 34.9. The van der Waals surface area contributed by atoms with Crippen LogP contribution in [0, 0.1) is 0 Å². The summed E-state index contributed by atoms with van der Waals surface area (Å²) in [5.41, 5.74) is -1.74. The lowest BCUT2D eigenvalue weighted by Gasteiger charge is -2.37. The van der Waals surface area contributed by atoms with E-state index in [4.69, 9.17) is 42.6 Å². The molecule has 0 radical (unpaired) electrons. The molecule has 6 atom stereocenters. The molecular weight excluding hydrogens is 636 g/mol. The van der Waals surface area contributed by atoms with Crippen LogP contribution in [0.1, 0.15) is 155 Å². The van der Waals surface area contributed by atoms with Crippen LogP contribution < -0.4 is 0 Å². The number of epoxide rings is 3. The Morgan fingerprint density at radius 3 is 1.00 bits per heavy atom. The lowest BCUT2D eigenvalue weighted by atomic mass is 9.97. The normalized spacial score (nSPS) is 24.2. The quantitative estimate of drug-likeness (QED) is 0.0739. The molecule has 0 bridgehead atoms. The fourth-order valence-electron chi connectivity index (χ4n) is 8.00. The van der Waals surface area contributed by atoms with Crippen molar-refractivity contribution < 1.29 is 42.6 Å². The molecule has 0 N–H and O–H groups in total. The van der Waals surface area contributed by atoms with Gasteiger partial charge in [-0.3, -0.25) is 0 Å². The third kappa shape index (κ3) is 19.6. The average molecular weight is 715 g/mol. The van der Waals surface area contributed by atoms with Crippen LogP contribution in [0.25, 0.3) is 0 Å². The molecule has 6 unspecified atom stereocenters. The van der Waals surface area contributed by atoms with Crippen LogP contribution in [0.5, 0.6) is 0 Å². The molecule has 3 fully saturated rings. The van der Waals surface area contributed by atoms with Crippen molar-refractivity contribution in [3.05, 3.63) is 0 Å². The van der Waals surface area contributed by atoms with Crippen LogP contribution in [-0.4, -0.2) is 109 Å².